The van der Waals surface area contributed by atoms with Crippen LogP contribution in [0.15, 0.2) is 0 Å². The van der Waals surface area contributed by atoms with Gasteiger partial charge in [-0.05, 0) is 18.8 Å². The van der Waals surface area contributed by atoms with Crippen LogP contribution in [0.1, 0.15) is 19.3 Å². The minimum Gasteiger partial charge on any atom is -0.380 e. The second kappa shape index (κ2) is 5.99. The van der Waals surface area contributed by atoms with E-state index in [0.717, 1.165) is 32.2 Å². The summed E-state index contributed by atoms with van der Waals surface area (Å²) < 4.78 is 5.39. The molecule has 0 spiro atoms. The number of rotatable bonds is 7. The molecule has 0 aliphatic heterocycles. The van der Waals surface area contributed by atoms with Gasteiger partial charge in [-0.2, -0.15) is 5.26 Å². The zero-order chi connectivity index (χ0) is 8.65. The highest BCUT2D eigenvalue weighted by Crippen LogP contribution is 2.28. The van der Waals surface area contributed by atoms with Gasteiger partial charge >= 0.3 is 0 Å². The number of nitrogens with one attached hydrogen (secondary N) is 1. The molecule has 1 aliphatic rings. The molecule has 0 radical (unpaired) electrons. The molecule has 0 heterocycles. The maximum atomic E-state index is 8.23. The Morgan fingerprint density at radius 1 is 1.42 bits per heavy atom. The van der Waals surface area contributed by atoms with Crippen molar-refractivity contribution in [3.05, 3.63) is 0 Å². The van der Waals surface area contributed by atoms with Gasteiger partial charge < -0.3 is 10.1 Å². The van der Waals surface area contributed by atoms with E-state index in [1.807, 2.05) is 0 Å². The molecule has 1 fully saturated rings. The van der Waals surface area contributed by atoms with Crippen LogP contribution in [0.25, 0.3) is 0 Å². The van der Waals surface area contributed by atoms with Crippen molar-refractivity contribution >= 4 is 0 Å². The van der Waals surface area contributed by atoms with Crippen LogP contribution in [0.4, 0.5) is 0 Å². The lowest BCUT2D eigenvalue weighted by Gasteiger charge is -2.02. The molecule has 12 heavy (non-hydrogen) atoms. The van der Waals surface area contributed by atoms with E-state index in [2.05, 4.69) is 11.4 Å². The topological polar surface area (TPSA) is 45.0 Å². The number of nitrogens with zero attached hydrogens (tertiary/aromatic N) is 1. The second-order valence-corrected chi connectivity index (χ2v) is 3.18. The zero-order valence-corrected chi connectivity index (χ0v) is 7.38. The summed E-state index contributed by atoms with van der Waals surface area (Å²) in [6, 6.07) is 2.08. The van der Waals surface area contributed by atoms with Gasteiger partial charge in [0.2, 0.25) is 0 Å². The molecule has 0 amide bonds. The van der Waals surface area contributed by atoms with E-state index < -0.39 is 0 Å². The van der Waals surface area contributed by atoms with Gasteiger partial charge in [-0.15, -0.1) is 0 Å². The van der Waals surface area contributed by atoms with Crippen LogP contribution in [0.3, 0.4) is 0 Å². The van der Waals surface area contributed by atoms with Gasteiger partial charge in [-0.25, -0.2) is 0 Å². The van der Waals surface area contributed by atoms with Crippen molar-refractivity contribution in [3.63, 3.8) is 0 Å². The summed E-state index contributed by atoms with van der Waals surface area (Å²) in [6.07, 6.45) is 3.28. The van der Waals surface area contributed by atoms with Crippen LogP contribution < -0.4 is 5.32 Å². The first kappa shape index (κ1) is 9.50. The van der Waals surface area contributed by atoms with Crippen LogP contribution in [-0.4, -0.2) is 26.3 Å². The normalized spacial score (nSPS) is 15.9. The van der Waals surface area contributed by atoms with Crippen molar-refractivity contribution < 1.29 is 4.74 Å². The largest absolute Gasteiger partial charge is 0.380 e. The predicted molar refractivity (Wildman–Crippen MR) is 46.6 cm³/mol. The molecule has 0 atom stereocenters. The van der Waals surface area contributed by atoms with E-state index in [4.69, 9.17) is 10.00 Å². The Morgan fingerprint density at radius 3 is 2.92 bits per heavy atom. The van der Waals surface area contributed by atoms with Crippen molar-refractivity contribution in [1.29, 1.82) is 5.26 Å². The van der Waals surface area contributed by atoms with Gasteiger partial charge in [0, 0.05) is 26.1 Å². The molecule has 1 N–H and O–H groups in total. The molecule has 1 rings (SSSR count). The van der Waals surface area contributed by atoms with E-state index in [1.165, 1.54) is 12.8 Å². The van der Waals surface area contributed by atoms with Crippen LogP contribution in [0.5, 0.6) is 0 Å². The summed E-state index contributed by atoms with van der Waals surface area (Å²) in [7, 11) is 0. The third-order valence-electron chi connectivity index (χ3n) is 1.89. The summed E-state index contributed by atoms with van der Waals surface area (Å²) in [5.74, 6) is 0.851. The van der Waals surface area contributed by atoms with E-state index in [1.54, 1.807) is 0 Å². The minimum atomic E-state index is 0.586. The first-order chi connectivity index (χ1) is 5.93. The molecule has 0 saturated heterocycles. The molecule has 0 bridgehead atoms. The van der Waals surface area contributed by atoms with Crippen molar-refractivity contribution in [1.82, 2.24) is 5.32 Å². The van der Waals surface area contributed by atoms with E-state index in [0.29, 0.717) is 6.42 Å². The maximum Gasteiger partial charge on any atom is 0.0635 e. The van der Waals surface area contributed by atoms with Crippen molar-refractivity contribution in [2.24, 2.45) is 5.92 Å². The molecular formula is C9H16N2O. The highest BCUT2D eigenvalue weighted by Gasteiger charge is 2.20. The number of ether oxygens (including phenoxy) is 1. The van der Waals surface area contributed by atoms with Crippen molar-refractivity contribution in [2.75, 3.05) is 26.3 Å². The Labute approximate surface area is 73.7 Å². The SMILES string of the molecule is N#CCCNCCOCC1CC1. The molecule has 0 aromatic rings. The quantitative estimate of drug-likeness (QED) is 0.575. The lowest BCUT2D eigenvalue weighted by molar-refractivity contribution is 0.126. The molecule has 68 valence electrons. The zero-order valence-electron chi connectivity index (χ0n) is 7.38. The first-order valence-corrected chi connectivity index (χ1v) is 4.59. The van der Waals surface area contributed by atoms with Crippen molar-refractivity contribution in [2.45, 2.75) is 19.3 Å². The highest BCUT2D eigenvalue weighted by atomic mass is 16.5. The molecule has 0 unspecified atom stereocenters. The van der Waals surface area contributed by atoms with Gasteiger partial charge in [-0.1, -0.05) is 0 Å². The number of nitriles is 1. The third-order valence-corrected chi connectivity index (χ3v) is 1.89. The highest BCUT2D eigenvalue weighted by molar-refractivity contribution is 4.72. The lowest BCUT2D eigenvalue weighted by Crippen LogP contribution is -2.20. The molecule has 1 aliphatic carbocycles. The standard InChI is InChI=1S/C9H16N2O/c10-4-1-5-11-6-7-12-8-9-2-3-9/h9,11H,1-3,5-8H2. The minimum absolute atomic E-state index is 0.586. The number of hydrogen-bond donors (Lipinski definition) is 1. The maximum absolute atomic E-state index is 8.23. The summed E-state index contributed by atoms with van der Waals surface area (Å²) >= 11 is 0. The smallest absolute Gasteiger partial charge is 0.0635 e. The van der Waals surface area contributed by atoms with E-state index >= 15 is 0 Å². The second-order valence-electron chi connectivity index (χ2n) is 3.18. The van der Waals surface area contributed by atoms with Crippen molar-refractivity contribution in [3.8, 4) is 6.07 Å². The summed E-state index contributed by atoms with van der Waals surface area (Å²) in [5, 5.41) is 11.4. The van der Waals surface area contributed by atoms with E-state index in [-0.39, 0.29) is 0 Å². The Balaban J connectivity index is 1.68. The Hall–Kier alpha value is -0.590. The summed E-state index contributed by atoms with van der Waals surface area (Å²) in [4.78, 5) is 0. The fourth-order valence-corrected chi connectivity index (χ4v) is 0.948. The van der Waals surface area contributed by atoms with E-state index in [9.17, 15) is 0 Å². The Morgan fingerprint density at radius 2 is 2.25 bits per heavy atom. The lowest BCUT2D eigenvalue weighted by atomic mass is 10.4. The van der Waals surface area contributed by atoms with Gasteiger partial charge in [0.25, 0.3) is 0 Å². The Kier molecular flexibility index (Phi) is 4.74. The average Bonchev–Trinajstić information content (AvgIpc) is 2.87. The summed E-state index contributed by atoms with van der Waals surface area (Å²) in [5.41, 5.74) is 0. The molecule has 0 aromatic carbocycles. The van der Waals surface area contributed by atoms with Gasteiger partial charge in [0.1, 0.15) is 0 Å². The molecular weight excluding hydrogens is 152 g/mol. The van der Waals surface area contributed by atoms with Crippen LogP contribution in [0.2, 0.25) is 0 Å². The van der Waals surface area contributed by atoms with Crippen LogP contribution >= 0.6 is 0 Å². The Bertz CT molecular complexity index is 149. The van der Waals surface area contributed by atoms with Gasteiger partial charge in [0.15, 0.2) is 0 Å². The molecule has 1 saturated carbocycles. The monoisotopic (exact) mass is 168 g/mol. The molecule has 3 nitrogen and oxygen atoms in total. The van der Waals surface area contributed by atoms with Gasteiger partial charge in [-0.3, -0.25) is 0 Å². The molecule has 0 aromatic heterocycles. The van der Waals surface area contributed by atoms with Gasteiger partial charge in [0.05, 0.1) is 12.7 Å². The number of hydrogen-bond acceptors (Lipinski definition) is 3. The third kappa shape index (κ3) is 5.11. The fraction of sp³-hybridized carbons (Fsp3) is 0.889. The fourth-order valence-electron chi connectivity index (χ4n) is 0.948. The van der Waals surface area contributed by atoms with Crippen LogP contribution in [0, 0.1) is 17.2 Å². The van der Waals surface area contributed by atoms with Crippen LogP contribution in [-0.2, 0) is 4.74 Å². The average molecular weight is 168 g/mol. The first-order valence-electron chi connectivity index (χ1n) is 4.59. The summed E-state index contributed by atoms with van der Waals surface area (Å²) in [6.45, 7) is 3.36. The molecule has 3 heteroatoms. The predicted octanol–water partition coefficient (Wildman–Crippen LogP) is 0.916.